The monoisotopic (exact) mass is 531 g/mol. The Morgan fingerprint density at radius 3 is 2.21 bits per heavy atom. The highest BCUT2D eigenvalue weighted by Gasteiger charge is 2.39. The second-order valence-corrected chi connectivity index (χ2v) is 9.96. The number of carbonyl (C=O) groups excluding carboxylic acids is 4. The highest BCUT2D eigenvalue weighted by molar-refractivity contribution is 6.48. The molecule has 0 saturated heterocycles. The number of halogens is 1. The van der Waals surface area contributed by atoms with Crippen molar-refractivity contribution < 1.29 is 19.2 Å². The van der Waals surface area contributed by atoms with Gasteiger partial charge in [0.15, 0.2) is 0 Å². The fourth-order valence-corrected chi connectivity index (χ4v) is 4.07. The van der Waals surface area contributed by atoms with Gasteiger partial charge >= 0.3 is 0 Å². The summed E-state index contributed by atoms with van der Waals surface area (Å²) in [6.45, 7) is 7.10. The molecule has 10 heteroatoms. The molecule has 1 unspecified atom stereocenters. The third-order valence-electron chi connectivity index (χ3n) is 5.52. The summed E-state index contributed by atoms with van der Waals surface area (Å²) in [6, 6.07) is 17.4. The zero-order chi connectivity index (χ0) is 28.0. The number of rotatable bonds is 7. The van der Waals surface area contributed by atoms with E-state index >= 15 is 0 Å². The van der Waals surface area contributed by atoms with Gasteiger partial charge in [0.1, 0.15) is 6.04 Å². The molecular weight excluding hydrogens is 506 g/mol. The molecule has 0 aliphatic rings. The molecule has 9 nitrogen and oxygen atoms in total. The first-order valence-corrected chi connectivity index (χ1v) is 12.0. The number of hydrogen-bond acceptors (Lipinski definition) is 4. The van der Waals surface area contributed by atoms with Crippen LogP contribution in [0.5, 0.6) is 0 Å². The van der Waals surface area contributed by atoms with Crippen LogP contribution in [-0.2, 0) is 9.59 Å². The Hall–Kier alpha value is -4.46. The van der Waals surface area contributed by atoms with Crippen LogP contribution >= 0.6 is 11.6 Å². The van der Waals surface area contributed by atoms with Gasteiger partial charge in [0.05, 0.1) is 5.69 Å². The van der Waals surface area contributed by atoms with E-state index in [0.29, 0.717) is 11.1 Å². The van der Waals surface area contributed by atoms with Crippen molar-refractivity contribution in [3.63, 3.8) is 0 Å². The molecule has 1 N–H and O–H groups in total. The topological polar surface area (TPSA) is 132 Å². The van der Waals surface area contributed by atoms with Crippen molar-refractivity contribution in [3.8, 4) is 0 Å². The van der Waals surface area contributed by atoms with Gasteiger partial charge in [0, 0.05) is 26.6 Å². The second kappa shape index (κ2) is 11.7. The lowest BCUT2D eigenvalue weighted by molar-refractivity contribution is -0.126. The summed E-state index contributed by atoms with van der Waals surface area (Å²) in [5.74, 6) is -3.58. The summed E-state index contributed by atoms with van der Waals surface area (Å²) < 4.78 is 0. The molecule has 0 aliphatic heterocycles. The van der Waals surface area contributed by atoms with E-state index < -0.39 is 35.1 Å². The second-order valence-electron chi connectivity index (χ2n) is 9.52. The average Bonchev–Trinajstić information content (AvgIpc) is 2.87. The summed E-state index contributed by atoms with van der Waals surface area (Å²) in [7, 11) is 0. The van der Waals surface area contributed by atoms with Gasteiger partial charge in [0.25, 0.3) is 17.6 Å². The smallest absolute Gasteiger partial charge is 0.300 e. The molecule has 3 amide bonds. The third kappa shape index (κ3) is 6.45. The third-order valence-corrected chi connectivity index (χ3v) is 5.76. The standard InChI is InChI=1S/C28H26ClN5O4/c1-17-10-8-9-13-20(17)23(26(37)31-28(2,3)4)34(27(38)24(35)18-11-6-5-7-12-18)22-15-14-19(29)16-21(22)25(36)32-33-30/h5-16,23H,1-4H3,(H,31,37). The van der Waals surface area contributed by atoms with Gasteiger partial charge < -0.3 is 5.32 Å². The molecule has 0 radical (unpaired) electrons. The molecule has 1 atom stereocenters. The Labute approximate surface area is 225 Å². The van der Waals surface area contributed by atoms with Crippen molar-refractivity contribution in [3.05, 3.63) is 111 Å². The normalized spacial score (nSPS) is 11.6. The molecule has 0 aliphatic carbocycles. The zero-order valence-electron chi connectivity index (χ0n) is 21.3. The SMILES string of the molecule is Cc1ccccc1C(C(=O)NC(C)(C)C)N(C(=O)C(=O)c1ccccc1)c1ccc(Cl)cc1C(=O)N=[N+]=[N-]. The van der Waals surface area contributed by atoms with Crippen molar-refractivity contribution in [2.45, 2.75) is 39.3 Å². The van der Waals surface area contributed by atoms with Gasteiger partial charge in [-0.3, -0.25) is 24.1 Å². The number of Topliss-reactive ketones (excluding diaryl/α,β-unsaturated/α-hetero) is 1. The lowest BCUT2D eigenvalue weighted by atomic mass is 9.95. The quantitative estimate of drug-likeness (QED) is 0.132. The highest BCUT2D eigenvalue weighted by atomic mass is 35.5. The maximum absolute atomic E-state index is 14.0. The predicted octanol–water partition coefficient (Wildman–Crippen LogP) is 5.97. The van der Waals surface area contributed by atoms with E-state index in [2.05, 4.69) is 15.3 Å². The average molecular weight is 532 g/mol. The number of aryl methyl sites for hydroxylation is 1. The van der Waals surface area contributed by atoms with Gasteiger partial charge in [-0.1, -0.05) is 66.2 Å². The first-order valence-electron chi connectivity index (χ1n) is 11.6. The number of hydrogen-bond donors (Lipinski definition) is 1. The summed E-state index contributed by atoms with van der Waals surface area (Å²) in [4.78, 5) is 57.6. The van der Waals surface area contributed by atoms with Crippen LogP contribution in [0, 0.1) is 6.92 Å². The molecule has 0 saturated carbocycles. The van der Waals surface area contributed by atoms with Crippen LogP contribution in [0.15, 0.2) is 77.9 Å². The molecule has 194 valence electrons. The Morgan fingerprint density at radius 1 is 0.974 bits per heavy atom. The van der Waals surface area contributed by atoms with Crippen LogP contribution in [0.25, 0.3) is 10.4 Å². The van der Waals surface area contributed by atoms with E-state index in [1.165, 1.54) is 30.3 Å². The van der Waals surface area contributed by atoms with Crippen molar-refractivity contribution >= 4 is 40.8 Å². The van der Waals surface area contributed by atoms with E-state index in [-0.39, 0.29) is 21.8 Å². The highest BCUT2D eigenvalue weighted by Crippen LogP contribution is 2.35. The minimum atomic E-state index is -1.37. The fraction of sp³-hybridized carbons (Fsp3) is 0.214. The lowest BCUT2D eigenvalue weighted by Crippen LogP contribution is -2.51. The first kappa shape index (κ1) is 28.1. The maximum Gasteiger partial charge on any atom is 0.300 e. The van der Waals surface area contributed by atoms with Gasteiger partial charge in [0.2, 0.25) is 5.91 Å². The van der Waals surface area contributed by atoms with Crippen LogP contribution in [0.1, 0.15) is 58.7 Å². The fourth-order valence-electron chi connectivity index (χ4n) is 3.90. The van der Waals surface area contributed by atoms with E-state index in [1.54, 1.807) is 70.2 Å². The first-order chi connectivity index (χ1) is 17.9. The lowest BCUT2D eigenvalue weighted by Gasteiger charge is -2.34. The molecule has 38 heavy (non-hydrogen) atoms. The van der Waals surface area contributed by atoms with E-state index in [1.807, 2.05) is 0 Å². The number of nitrogens with zero attached hydrogens (tertiary/aromatic N) is 4. The van der Waals surface area contributed by atoms with Gasteiger partial charge in [-0.2, -0.15) is 0 Å². The van der Waals surface area contributed by atoms with Crippen LogP contribution in [0.3, 0.4) is 0 Å². The molecule has 0 bridgehead atoms. The van der Waals surface area contributed by atoms with E-state index in [4.69, 9.17) is 17.1 Å². The summed E-state index contributed by atoms with van der Waals surface area (Å²) >= 11 is 6.14. The summed E-state index contributed by atoms with van der Waals surface area (Å²) in [6.07, 6.45) is 0. The molecular formula is C28H26ClN5O4. The number of ketones is 1. The molecule has 3 aromatic rings. The Morgan fingerprint density at radius 2 is 1.61 bits per heavy atom. The Balaban J connectivity index is 2.36. The van der Waals surface area contributed by atoms with Crippen molar-refractivity contribution in [1.82, 2.24) is 5.32 Å². The molecule has 0 fully saturated rings. The number of nitrogens with one attached hydrogen (secondary N) is 1. The van der Waals surface area contributed by atoms with Crippen molar-refractivity contribution in [2.75, 3.05) is 4.90 Å². The summed E-state index contributed by atoms with van der Waals surface area (Å²) in [5.41, 5.74) is 9.03. The minimum Gasteiger partial charge on any atom is -0.349 e. The Kier molecular flexibility index (Phi) is 8.68. The maximum atomic E-state index is 14.0. The van der Waals surface area contributed by atoms with Gasteiger partial charge in [-0.05, 0) is 67.7 Å². The van der Waals surface area contributed by atoms with Crippen molar-refractivity contribution in [1.29, 1.82) is 0 Å². The van der Waals surface area contributed by atoms with Gasteiger partial charge in [-0.25, -0.2) is 0 Å². The Bertz CT molecular complexity index is 1440. The zero-order valence-corrected chi connectivity index (χ0v) is 22.1. The number of anilines is 1. The van der Waals surface area contributed by atoms with Gasteiger partial charge in [-0.15, -0.1) is 0 Å². The number of azide groups is 1. The minimum absolute atomic E-state index is 0.0964. The number of amides is 3. The van der Waals surface area contributed by atoms with Crippen LogP contribution in [-0.4, -0.2) is 29.0 Å². The predicted molar refractivity (Wildman–Crippen MR) is 145 cm³/mol. The molecule has 3 rings (SSSR count). The number of carbonyl (C=O) groups is 4. The van der Waals surface area contributed by atoms with Crippen LogP contribution in [0.4, 0.5) is 5.69 Å². The molecule has 0 spiro atoms. The van der Waals surface area contributed by atoms with Crippen LogP contribution in [0.2, 0.25) is 5.02 Å². The van der Waals surface area contributed by atoms with Crippen molar-refractivity contribution in [2.24, 2.45) is 5.11 Å². The summed E-state index contributed by atoms with van der Waals surface area (Å²) in [5, 5.41) is 6.16. The van der Waals surface area contributed by atoms with E-state index in [9.17, 15) is 19.2 Å². The number of benzene rings is 3. The van der Waals surface area contributed by atoms with Crippen LogP contribution < -0.4 is 10.2 Å². The molecule has 0 heterocycles. The largest absolute Gasteiger partial charge is 0.349 e. The molecule has 0 aromatic heterocycles. The van der Waals surface area contributed by atoms with E-state index in [0.717, 1.165) is 4.90 Å². The molecule has 3 aromatic carbocycles.